The molecule has 0 amide bonds. The quantitative estimate of drug-likeness (QED) is 0.193. The lowest BCUT2D eigenvalue weighted by atomic mass is 9.81. The number of nitrogens with zero attached hydrogens (tertiary/aromatic N) is 1. The maximum Gasteiger partial charge on any atom is 0.0621 e. The molecule has 0 N–H and O–H groups in total. The summed E-state index contributed by atoms with van der Waals surface area (Å²) in [6.07, 6.45) is 0. The Balaban J connectivity index is 1.35. The molecular formula is C46H37N. The van der Waals surface area contributed by atoms with E-state index >= 15 is 0 Å². The van der Waals surface area contributed by atoms with Gasteiger partial charge in [0.25, 0.3) is 0 Å². The average Bonchev–Trinajstić information content (AvgIpc) is 3.48. The van der Waals surface area contributed by atoms with Crippen LogP contribution >= 0.6 is 0 Å². The first-order valence-corrected chi connectivity index (χ1v) is 16.7. The Kier molecular flexibility index (Phi) is 5.96. The Hall–Kier alpha value is -5.40. The lowest BCUT2D eigenvalue weighted by Crippen LogP contribution is -2.18. The van der Waals surface area contributed by atoms with Crippen molar-refractivity contribution in [1.82, 2.24) is 0 Å². The molecule has 7 aromatic rings. The summed E-state index contributed by atoms with van der Waals surface area (Å²) < 4.78 is 0. The van der Waals surface area contributed by atoms with Crippen molar-refractivity contribution in [3.05, 3.63) is 174 Å². The summed E-state index contributed by atoms with van der Waals surface area (Å²) in [5.74, 6) is 0. The zero-order valence-electron chi connectivity index (χ0n) is 27.4. The smallest absolute Gasteiger partial charge is 0.0621 e. The molecule has 7 aromatic carbocycles. The number of hydrogen-bond acceptors (Lipinski definition) is 1. The van der Waals surface area contributed by atoms with Gasteiger partial charge in [0.1, 0.15) is 0 Å². The van der Waals surface area contributed by atoms with Crippen LogP contribution < -0.4 is 4.90 Å². The predicted octanol–water partition coefficient (Wildman–Crippen LogP) is 12.6. The molecule has 0 radical (unpaired) electrons. The summed E-state index contributed by atoms with van der Waals surface area (Å²) in [5, 5.41) is 2.52. The molecular weight excluding hydrogens is 567 g/mol. The summed E-state index contributed by atoms with van der Waals surface area (Å²) >= 11 is 0. The molecule has 9 rings (SSSR count). The molecule has 47 heavy (non-hydrogen) atoms. The topological polar surface area (TPSA) is 3.24 Å². The van der Waals surface area contributed by atoms with Crippen LogP contribution in [0.3, 0.4) is 0 Å². The highest BCUT2D eigenvalue weighted by atomic mass is 15.1. The van der Waals surface area contributed by atoms with Crippen molar-refractivity contribution in [2.75, 3.05) is 4.90 Å². The SMILES string of the molecule is CC1(C)c2ccccc2-c2ccc(N(c3ccc(-c4ccccc4)cc3)c3c4c(cc5ccccc35)C(C)(C)c3ccccc3-4)cc21. The number of hydrogen-bond donors (Lipinski definition) is 0. The standard InChI is InChI=1S/C46H37N/c1-45(2)39-20-12-10-18-36(39)37-27-26-34(29-41(37)45)47(33-24-22-31(23-25-33)30-14-6-5-7-15-30)44-35-17-9-8-16-32(35)28-42-43(44)38-19-11-13-21-40(38)46(42,3)4/h5-29H,1-4H3. The van der Waals surface area contributed by atoms with E-state index in [1.165, 1.54) is 77.8 Å². The van der Waals surface area contributed by atoms with E-state index in [9.17, 15) is 0 Å². The summed E-state index contributed by atoms with van der Waals surface area (Å²) in [5.41, 5.74) is 16.7. The summed E-state index contributed by atoms with van der Waals surface area (Å²) in [4.78, 5) is 2.54. The van der Waals surface area contributed by atoms with Crippen LogP contribution in [-0.2, 0) is 10.8 Å². The van der Waals surface area contributed by atoms with Crippen molar-refractivity contribution in [3.8, 4) is 33.4 Å². The number of benzene rings is 7. The predicted molar refractivity (Wildman–Crippen MR) is 199 cm³/mol. The van der Waals surface area contributed by atoms with Gasteiger partial charge in [0, 0.05) is 33.2 Å². The number of fused-ring (bicyclic) bond motifs is 7. The zero-order valence-corrected chi connectivity index (χ0v) is 27.4. The maximum absolute atomic E-state index is 2.54. The van der Waals surface area contributed by atoms with E-state index in [2.05, 4.69) is 184 Å². The summed E-state index contributed by atoms with van der Waals surface area (Å²) in [7, 11) is 0. The normalized spacial score (nSPS) is 14.7. The molecule has 2 aliphatic rings. The van der Waals surface area contributed by atoms with Gasteiger partial charge in [-0.25, -0.2) is 0 Å². The highest BCUT2D eigenvalue weighted by Crippen LogP contribution is 2.57. The van der Waals surface area contributed by atoms with E-state index in [4.69, 9.17) is 0 Å². The van der Waals surface area contributed by atoms with E-state index in [0.717, 1.165) is 5.69 Å². The minimum absolute atomic E-state index is 0.0972. The van der Waals surface area contributed by atoms with Crippen molar-refractivity contribution in [3.63, 3.8) is 0 Å². The van der Waals surface area contributed by atoms with Crippen LogP contribution in [0.5, 0.6) is 0 Å². The van der Waals surface area contributed by atoms with Gasteiger partial charge in [0.15, 0.2) is 0 Å². The van der Waals surface area contributed by atoms with Crippen molar-refractivity contribution in [2.24, 2.45) is 0 Å². The van der Waals surface area contributed by atoms with Crippen LogP contribution in [0.25, 0.3) is 44.2 Å². The third kappa shape index (κ3) is 4.02. The van der Waals surface area contributed by atoms with E-state index in [1.54, 1.807) is 0 Å². The second-order valence-electron chi connectivity index (χ2n) is 14.2. The first-order valence-electron chi connectivity index (χ1n) is 16.7. The molecule has 226 valence electrons. The minimum Gasteiger partial charge on any atom is -0.309 e. The third-order valence-electron chi connectivity index (χ3n) is 10.8. The summed E-state index contributed by atoms with van der Waals surface area (Å²) in [6, 6.07) is 56.3. The lowest BCUT2D eigenvalue weighted by molar-refractivity contribution is 0.660. The van der Waals surface area contributed by atoms with Gasteiger partial charge in [-0.05, 0) is 85.8 Å². The van der Waals surface area contributed by atoms with Crippen LogP contribution in [0.4, 0.5) is 17.1 Å². The highest BCUT2D eigenvalue weighted by molar-refractivity contribution is 6.10. The first-order chi connectivity index (χ1) is 22.8. The summed E-state index contributed by atoms with van der Waals surface area (Å²) in [6.45, 7) is 9.50. The molecule has 0 atom stereocenters. The van der Waals surface area contributed by atoms with Gasteiger partial charge in [0.05, 0.1) is 5.69 Å². The van der Waals surface area contributed by atoms with Crippen LogP contribution in [0, 0.1) is 0 Å². The first kappa shape index (κ1) is 27.9. The van der Waals surface area contributed by atoms with Crippen LogP contribution in [0.15, 0.2) is 152 Å². The van der Waals surface area contributed by atoms with Gasteiger partial charge < -0.3 is 4.90 Å². The minimum atomic E-state index is -0.116. The molecule has 0 saturated heterocycles. The van der Waals surface area contributed by atoms with E-state index in [0.29, 0.717) is 0 Å². The molecule has 0 unspecified atom stereocenters. The average molecular weight is 604 g/mol. The van der Waals surface area contributed by atoms with Crippen molar-refractivity contribution in [2.45, 2.75) is 38.5 Å². The lowest BCUT2D eigenvalue weighted by Gasteiger charge is -2.32. The fourth-order valence-electron chi connectivity index (χ4n) is 8.39. The highest BCUT2D eigenvalue weighted by Gasteiger charge is 2.40. The fraction of sp³-hybridized carbons (Fsp3) is 0.130. The van der Waals surface area contributed by atoms with Crippen LogP contribution in [-0.4, -0.2) is 0 Å². The Morgan fingerprint density at radius 3 is 1.72 bits per heavy atom. The van der Waals surface area contributed by atoms with Crippen LogP contribution in [0.2, 0.25) is 0 Å². The number of rotatable bonds is 4. The van der Waals surface area contributed by atoms with Gasteiger partial charge >= 0.3 is 0 Å². The molecule has 2 aliphatic carbocycles. The maximum atomic E-state index is 2.54. The Morgan fingerprint density at radius 2 is 0.957 bits per heavy atom. The second kappa shape index (κ2) is 10.0. The van der Waals surface area contributed by atoms with E-state index in [-0.39, 0.29) is 10.8 Å². The second-order valence-corrected chi connectivity index (χ2v) is 14.2. The zero-order chi connectivity index (χ0) is 31.9. The molecule has 0 bridgehead atoms. The largest absolute Gasteiger partial charge is 0.309 e. The van der Waals surface area contributed by atoms with Gasteiger partial charge in [-0.15, -0.1) is 0 Å². The molecule has 0 aromatic heterocycles. The fourth-order valence-corrected chi connectivity index (χ4v) is 8.39. The number of anilines is 3. The molecule has 0 saturated carbocycles. The van der Waals surface area contributed by atoms with E-state index in [1.807, 2.05) is 0 Å². The Labute approximate surface area is 277 Å². The van der Waals surface area contributed by atoms with E-state index < -0.39 is 0 Å². The van der Waals surface area contributed by atoms with Gasteiger partial charge in [-0.1, -0.05) is 149 Å². The monoisotopic (exact) mass is 603 g/mol. The third-order valence-corrected chi connectivity index (χ3v) is 10.8. The van der Waals surface area contributed by atoms with Gasteiger partial charge in [-0.2, -0.15) is 0 Å². The van der Waals surface area contributed by atoms with Crippen molar-refractivity contribution < 1.29 is 0 Å². The molecule has 0 heterocycles. The Bertz CT molecular complexity index is 2340. The van der Waals surface area contributed by atoms with Crippen LogP contribution in [0.1, 0.15) is 49.9 Å². The molecule has 0 aliphatic heterocycles. The molecule has 1 heteroatoms. The van der Waals surface area contributed by atoms with Gasteiger partial charge in [-0.3, -0.25) is 0 Å². The molecule has 1 nitrogen and oxygen atoms in total. The van der Waals surface area contributed by atoms with Crippen molar-refractivity contribution >= 4 is 27.8 Å². The van der Waals surface area contributed by atoms with Crippen molar-refractivity contribution in [1.29, 1.82) is 0 Å². The Morgan fingerprint density at radius 1 is 0.404 bits per heavy atom. The van der Waals surface area contributed by atoms with Gasteiger partial charge in [0.2, 0.25) is 0 Å². The molecule has 0 spiro atoms. The molecule has 0 fully saturated rings.